The summed E-state index contributed by atoms with van der Waals surface area (Å²) >= 11 is 0. The Hall–Kier alpha value is -2.76. The Kier molecular flexibility index (Phi) is 6.83. The van der Waals surface area contributed by atoms with Crippen molar-refractivity contribution in [1.29, 1.82) is 0 Å². The summed E-state index contributed by atoms with van der Waals surface area (Å²) in [5.74, 6) is -0.141. The van der Waals surface area contributed by atoms with Crippen LogP contribution in [0.15, 0.2) is 41.0 Å². The first kappa shape index (κ1) is 19.6. The van der Waals surface area contributed by atoms with Crippen LogP contribution in [0.2, 0.25) is 0 Å². The minimum absolute atomic E-state index is 0.103. The molecule has 140 valence electrons. The number of carbonyl (C=O) groups is 2. The summed E-state index contributed by atoms with van der Waals surface area (Å²) in [5.41, 5.74) is 2.12. The van der Waals surface area contributed by atoms with Crippen molar-refractivity contribution in [2.45, 2.75) is 33.7 Å². The maximum Gasteiger partial charge on any atom is 0.329 e. The fourth-order valence-corrected chi connectivity index (χ4v) is 2.36. The topological polar surface area (TPSA) is 77.8 Å². The Labute approximate surface area is 153 Å². The molecule has 1 aromatic heterocycles. The molecule has 1 aromatic carbocycles. The molecule has 6 nitrogen and oxygen atoms in total. The normalized spacial score (nSPS) is 11.9. The van der Waals surface area contributed by atoms with Gasteiger partial charge in [0.2, 0.25) is 0 Å². The van der Waals surface area contributed by atoms with E-state index in [4.69, 9.17) is 13.9 Å². The number of amides is 1. The Balaban J connectivity index is 1.83. The average molecular weight is 359 g/mol. The molecule has 2 aromatic rings. The number of carbonyl (C=O) groups excluding carboxylic acids is 2. The SMILES string of the molecule is Cc1ccc(C)c(OCCOC(=O)[C@@H](NC(=O)c2ccco2)C(C)C)c1. The van der Waals surface area contributed by atoms with Crippen molar-refractivity contribution < 1.29 is 23.5 Å². The van der Waals surface area contributed by atoms with Crippen LogP contribution < -0.4 is 10.1 Å². The highest BCUT2D eigenvalue weighted by Gasteiger charge is 2.26. The van der Waals surface area contributed by atoms with Gasteiger partial charge in [-0.2, -0.15) is 0 Å². The van der Waals surface area contributed by atoms with Crippen LogP contribution in [0.3, 0.4) is 0 Å². The minimum Gasteiger partial charge on any atom is -0.490 e. The van der Waals surface area contributed by atoms with E-state index in [0.717, 1.165) is 16.9 Å². The summed E-state index contributed by atoms with van der Waals surface area (Å²) in [7, 11) is 0. The van der Waals surface area contributed by atoms with Crippen LogP contribution >= 0.6 is 0 Å². The summed E-state index contributed by atoms with van der Waals surface area (Å²) < 4.78 is 16.0. The van der Waals surface area contributed by atoms with Crippen LogP contribution in [0.5, 0.6) is 5.75 Å². The van der Waals surface area contributed by atoms with Gasteiger partial charge in [0.1, 0.15) is 25.0 Å². The van der Waals surface area contributed by atoms with Gasteiger partial charge in [0.25, 0.3) is 5.91 Å². The zero-order valence-electron chi connectivity index (χ0n) is 15.6. The minimum atomic E-state index is -0.756. The molecule has 0 aliphatic rings. The second-order valence-corrected chi connectivity index (χ2v) is 6.46. The van der Waals surface area contributed by atoms with E-state index in [2.05, 4.69) is 5.32 Å². The molecule has 2 rings (SSSR count). The number of nitrogens with one attached hydrogen (secondary N) is 1. The molecule has 26 heavy (non-hydrogen) atoms. The van der Waals surface area contributed by atoms with Crippen LogP contribution in [0.25, 0.3) is 0 Å². The van der Waals surface area contributed by atoms with Crippen molar-refractivity contribution in [1.82, 2.24) is 5.32 Å². The van der Waals surface area contributed by atoms with Gasteiger partial charge in [0, 0.05) is 0 Å². The van der Waals surface area contributed by atoms with Gasteiger partial charge in [-0.1, -0.05) is 26.0 Å². The summed E-state index contributed by atoms with van der Waals surface area (Å²) in [6, 6.07) is 8.33. The zero-order chi connectivity index (χ0) is 19.1. The standard InChI is InChI=1S/C20H25NO5/c1-13(2)18(21-19(22)16-6-5-9-24-16)20(23)26-11-10-25-17-12-14(3)7-8-15(17)4/h5-9,12-13,18H,10-11H2,1-4H3,(H,21,22)/t18-/m0/s1. The van der Waals surface area contributed by atoms with E-state index in [9.17, 15) is 9.59 Å². The van der Waals surface area contributed by atoms with E-state index in [-0.39, 0.29) is 24.9 Å². The van der Waals surface area contributed by atoms with Crippen molar-refractivity contribution in [3.05, 3.63) is 53.5 Å². The molecule has 1 heterocycles. The first-order valence-electron chi connectivity index (χ1n) is 8.59. The molecule has 0 aliphatic carbocycles. The second kappa shape index (κ2) is 9.08. The summed E-state index contributed by atoms with van der Waals surface area (Å²) in [6.45, 7) is 7.96. The zero-order valence-corrected chi connectivity index (χ0v) is 15.6. The molecule has 1 atom stereocenters. The molecule has 0 fully saturated rings. The highest BCUT2D eigenvalue weighted by atomic mass is 16.6. The fraction of sp³-hybridized carbons (Fsp3) is 0.400. The van der Waals surface area contributed by atoms with Crippen LogP contribution in [0.1, 0.15) is 35.5 Å². The lowest BCUT2D eigenvalue weighted by Gasteiger charge is -2.20. The van der Waals surface area contributed by atoms with E-state index in [1.54, 1.807) is 6.07 Å². The van der Waals surface area contributed by atoms with Crippen molar-refractivity contribution in [3.8, 4) is 5.75 Å². The van der Waals surface area contributed by atoms with Crippen LogP contribution in [-0.4, -0.2) is 31.1 Å². The van der Waals surface area contributed by atoms with Crippen molar-refractivity contribution >= 4 is 11.9 Å². The molecule has 0 spiro atoms. The molecule has 0 unspecified atom stereocenters. The maximum absolute atomic E-state index is 12.3. The van der Waals surface area contributed by atoms with Gasteiger partial charge >= 0.3 is 5.97 Å². The molecule has 0 aliphatic heterocycles. The third-order valence-electron chi connectivity index (χ3n) is 3.88. The number of rotatable bonds is 8. The van der Waals surface area contributed by atoms with E-state index in [1.165, 1.54) is 12.3 Å². The molecular weight excluding hydrogens is 334 g/mol. The van der Waals surface area contributed by atoms with Crippen molar-refractivity contribution in [2.75, 3.05) is 13.2 Å². The first-order valence-corrected chi connectivity index (χ1v) is 8.59. The Morgan fingerprint density at radius 2 is 1.92 bits per heavy atom. The number of aryl methyl sites for hydroxylation is 2. The number of ether oxygens (including phenoxy) is 2. The lowest BCUT2D eigenvalue weighted by atomic mass is 10.0. The second-order valence-electron chi connectivity index (χ2n) is 6.46. The van der Waals surface area contributed by atoms with Gasteiger partial charge in [-0.25, -0.2) is 4.79 Å². The van der Waals surface area contributed by atoms with Gasteiger partial charge < -0.3 is 19.2 Å². The number of furan rings is 1. The van der Waals surface area contributed by atoms with Gasteiger partial charge in [-0.3, -0.25) is 4.79 Å². The number of benzene rings is 1. The lowest BCUT2D eigenvalue weighted by molar-refractivity contribution is -0.147. The molecule has 0 saturated carbocycles. The maximum atomic E-state index is 12.3. The quantitative estimate of drug-likeness (QED) is 0.578. The average Bonchev–Trinajstić information content (AvgIpc) is 3.13. The van der Waals surface area contributed by atoms with Crippen molar-refractivity contribution in [2.24, 2.45) is 5.92 Å². The predicted octanol–water partition coefficient (Wildman–Crippen LogP) is 3.27. The Morgan fingerprint density at radius 3 is 2.58 bits per heavy atom. The van der Waals surface area contributed by atoms with E-state index < -0.39 is 17.9 Å². The van der Waals surface area contributed by atoms with Crippen LogP contribution in [-0.2, 0) is 9.53 Å². The van der Waals surface area contributed by atoms with Crippen molar-refractivity contribution in [3.63, 3.8) is 0 Å². The van der Waals surface area contributed by atoms with Gasteiger partial charge in [-0.15, -0.1) is 0 Å². The highest BCUT2D eigenvalue weighted by Crippen LogP contribution is 2.18. The molecular formula is C20H25NO5. The molecule has 1 amide bonds. The number of hydrogen-bond acceptors (Lipinski definition) is 5. The smallest absolute Gasteiger partial charge is 0.329 e. The predicted molar refractivity (Wildman–Crippen MR) is 97.2 cm³/mol. The van der Waals surface area contributed by atoms with Crippen LogP contribution in [0.4, 0.5) is 0 Å². The number of esters is 1. The molecule has 0 bridgehead atoms. The summed E-state index contributed by atoms with van der Waals surface area (Å²) in [4.78, 5) is 24.4. The third-order valence-corrected chi connectivity index (χ3v) is 3.88. The third kappa shape index (κ3) is 5.37. The Bertz CT molecular complexity index is 737. The highest BCUT2D eigenvalue weighted by molar-refractivity contribution is 5.94. The van der Waals surface area contributed by atoms with Crippen LogP contribution in [0, 0.1) is 19.8 Å². The molecule has 6 heteroatoms. The van der Waals surface area contributed by atoms with E-state index in [1.807, 2.05) is 45.9 Å². The van der Waals surface area contributed by atoms with E-state index >= 15 is 0 Å². The largest absolute Gasteiger partial charge is 0.490 e. The summed E-state index contributed by atoms with van der Waals surface area (Å²) in [6.07, 6.45) is 1.40. The van der Waals surface area contributed by atoms with E-state index in [0.29, 0.717) is 0 Å². The molecule has 1 N–H and O–H groups in total. The molecule has 0 radical (unpaired) electrons. The molecule has 0 saturated heterocycles. The Morgan fingerprint density at radius 1 is 1.15 bits per heavy atom. The number of hydrogen-bond donors (Lipinski definition) is 1. The lowest BCUT2D eigenvalue weighted by Crippen LogP contribution is -2.45. The first-order chi connectivity index (χ1) is 12.4. The monoisotopic (exact) mass is 359 g/mol. The van der Waals surface area contributed by atoms with Gasteiger partial charge in [0.05, 0.1) is 6.26 Å². The fourth-order valence-electron chi connectivity index (χ4n) is 2.36. The van der Waals surface area contributed by atoms with Gasteiger partial charge in [0.15, 0.2) is 5.76 Å². The summed E-state index contributed by atoms with van der Waals surface area (Å²) in [5, 5.41) is 2.65. The van der Waals surface area contributed by atoms with Gasteiger partial charge in [-0.05, 0) is 49.1 Å².